The summed E-state index contributed by atoms with van der Waals surface area (Å²) >= 11 is 0. The normalized spacial score (nSPS) is 13.6. The van der Waals surface area contributed by atoms with Crippen LogP contribution in [0.1, 0.15) is 23.0 Å². The van der Waals surface area contributed by atoms with Gasteiger partial charge >= 0.3 is 6.36 Å². The fourth-order valence-corrected chi connectivity index (χ4v) is 3.66. The molecule has 9 heteroatoms. The van der Waals surface area contributed by atoms with E-state index >= 15 is 0 Å². The molecule has 0 unspecified atom stereocenters. The van der Waals surface area contributed by atoms with Crippen molar-refractivity contribution in [3.8, 4) is 5.75 Å². The van der Waals surface area contributed by atoms with E-state index in [-0.39, 0.29) is 11.7 Å². The van der Waals surface area contributed by atoms with Gasteiger partial charge in [0, 0.05) is 43.1 Å². The van der Waals surface area contributed by atoms with Crippen LogP contribution in [0, 0.1) is 0 Å². The number of anilines is 2. The van der Waals surface area contributed by atoms with Gasteiger partial charge in [-0.15, -0.1) is 13.2 Å². The zero-order valence-electron chi connectivity index (χ0n) is 18.7. The smallest absolute Gasteiger partial charge is 0.406 e. The molecule has 1 amide bonds. The maximum atomic E-state index is 12.9. The van der Waals surface area contributed by atoms with Gasteiger partial charge < -0.3 is 19.4 Å². The topological polar surface area (TPSA) is 48.9 Å². The summed E-state index contributed by atoms with van der Waals surface area (Å²) in [6.07, 6.45) is -1.17. The Morgan fingerprint density at radius 1 is 1.09 bits per heavy atom. The summed E-state index contributed by atoms with van der Waals surface area (Å²) in [6.45, 7) is 3.02. The number of benzene rings is 2. The summed E-state index contributed by atoms with van der Waals surface area (Å²) in [4.78, 5) is 22.7. The quantitative estimate of drug-likeness (QED) is 0.485. The largest absolute Gasteiger partial charge is 0.573 e. The number of para-hydroxylation sites is 1. The fraction of sp³-hybridized carbons (Fsp3) is 0.200. The van der Waals surface area contributed by atoms with Crippen LogP contribution in [0.2, 0.25) is 0 Å². The zero-order valence-corrected chi connectivity index (χ0v) is 18.7. The standard InChI is InChI=1S/C25H23F3N4O2/c1-18-15-32(21-8-10-22(11-9-21)34-25(26,27)28)17-31(18)16-19-12-13-29-23(14-19)24(33)30(2)20-6-4-3-5-7-20/h3-15H,16-17H2,1-2H3. The molecule has 0 saturated carbocycles. The summed E-state index contributed by atoms with van der Waals surface area (Å²) in [6, 6.07) is 18.7. The monoisotopic (exact) mass is 468 g/mol. The third kappa shape index (κ3) is 5.48. The predicted octanol–water partition coefficient (Wildman–Crippen LogP) is 5.40. The Balaban J connectivity index is 1.42. The van der Waals surface area contributed by atoms with Gasteiger partial charge in [-0.25, -0.2) is 0 Å². The Morgan fingerprint density at radius 3 is 2.47 bits per heavy atom. The SMILES string of the molecule is CC1=CN(c2ccc(OC(F)(F)F)cc2)CN1Cc1ccnc(C(=O)N(C)c2ccccc2)c1. The van der Waals surface area contributed by atoms with E-state index in [0.717, 1.165) is 22.6 Å². The van der Waals surface area contributed by atoms with E-state index < -0.39 is 6.36 Å². The zero-order chi connectivity index (χ0) is 24.3. The van der Waals surface area contributed by atoms with Gasteiger partial charge in [0.2, 0.25) is 0 Å². The molecule has 0 aliphatic carbocycles. The second-order valence-corrected chi connectivity index (χ2v) is 7.87. The first kappa shape index (κ1) is 23.2. The van der Waals surface area contributed by atoms with Crippen molar-refractivity contribution < 1.29 is 22.7 Å². The molecular formula is C25H23F3N4O2. The summed E-state index contributed by atoms with van der Waals surface area (Å²) in [5.41, 5.74) is 3.78. The van der Waals surface area contributed by atoms with Gasteiger partial charge in [-0.2, -0.15) is 0 Å². The second-order valence-electron chi connectivity index (χ2n) is 7.87. The van der Waals surface area contributed by atoms with E-state index in [1.54, 1.807) is 36.3 Å². The second kappa shape index (κ2) is 9.46. The van der Waals surface area contributed by atoms with E-state index in [1.807, 2.05) is 54.4 Å². The van der Waals surface area contributed by atoms with Gasteiger partial charge in [-0.3, -0.25) is 9.78 Å². The van der Waals surface area contributed by atoms with Gasteiger partial charge in [-0.05, 0) is 61.0 Å². The van der Waals surface area contributed by atoms with Crippen LogP contribution < -0.4 is 14.5 Å². The van der Waals surface area contributed by atoms with E-state index in [0.29, 0.717) is 18.9 Å². The fourth-order valence-electron chi connectivity index (χ4n) is 3.66. The summed E-state index contributed by atoms with van der Waals surface area (Å²) in [5, 5.41) is 0. The molecule has 34 heavy (non-hydrogen) atoms. The van der Waals surface area contributed by atoms with Crippen LogP contribution in [0.25, 0.3) is 0 Å². The van der Waals surface area contributed by atoms with E-state index in [9.17, 15) is 18.0 Å². The molecule has 6 nitrogen and oxygen atoms in total. The van der Waals surface area contributed by atoms with Crippen LogP contribution in [0.5, 0.6) is 5.75 Å². The first-order valence-electron chi connectivity index (χ1n) is 10.5. The molecule has 4 rings (SSSR count). The molecule has 0 N–H and O–H groups in total. The summed E-state index contributed by atoms with van der Waals surface area (Å²) in [7, 11) is 1.71. The highest BCUT2D eigenvalue weighted by molar-refractivity contribution is 6.04. The third-order valence-electron chi connectivity index (χ3n) is 5.43. The number of halogens is 3. The van der Waals surface area contributed by atoms with Crippen LogP contribution in [0.15, 0.2) is 84.8 Å². The first-order chi connectivity index (χ1) is 16.2. The van der Waals surface area contributed by atoms with Crippen LogP contribution in [0.4, 0.5) is 24.5 Å². The number of aromatic nitrogens is 1. The summed E-state index contributed by atoms with van der Waals surface area (Å²) < 4.78 is 41.1. The van der Waals surface area contributed by atoms with Crippen LogP contribution in [0.3, 0.4) is 0 Å². The van der Waals surface area contributed by atoms with Crippen molar-refractivity contribution >= 4 is 17.3 Å². The van der Waals surface area contributed by atoms with Crippen molar-refractivity contribution in [1.29, 1.82) is 0 Å². The molecule has 0 spiro atoms. The van der Waals surface area contributed by atoms with Gasteiger partial charge in [-0.1, -0.05) is 18.2 Å². The van der Waals surface area contributed by atoms with Crippen molar-refractivity contribution in [2.75, 3.05) is 23.5 Å². The number of carbonyl (C=O) groups is 1. The minimum Gasteiger partial charge on any atom is -0.406 e. The Kier molecular flexibility index (Phi) is 6.45. The number of pyridine rings is 1. The van der Waals surface area contributed by atoms with Crippen molar-refractivity contribution in [3.63, 3.8) is 0 Å². The molecule has 3 aromatic rings. The number of rotatable bonds is 6. The first-order valence-corrected chi connectivity index (χ1v) is 10.5. The van der Waals surface area contributed by atoms with E-state index in [1.165, 1.54) is 12.1 Å². The Morgan fingerprint density at radius 2 is 1.79 bits per heavy atom. The Labute approximate surface area is 195 Å². The van der Waals surface area contributed by atoms with Gasteiger partial charge in [0.15, 0.2) is 0 Å². The van der Waals surface area contributed by atoms with E-state index in [2.05, 4.69) is 14.6 Å². The molecule has 0 fully saturated rings. The molecule has 0 bridgehead atoms. The lowest BCUT2D eigenvalue weighted by atomic mass is 10.2. The van der Waals surface area contributed by atoms with Crippen LogP contribution >= 0.6 is 0 Å². The highest BCUT2D eigenvalue weighted by atomic mass is 19.4. The van der Waals surface area contributed by atoms with Crippen molar-refractivity contribution in [2.45, 2.75) is 19.8 Å². The predicted molar refractivity (Wildman–Crippen MR) is 123 cm³/mol. The maximum absolute atomic E-state index is 12.9. The molecule has 1 aliphatic heterocycles. The number of nitrogens with zero attached hydrogens (tertiary/aromatic N) is 4. The maximum Gasteiger partial charge on any atom is 0.573 e. The number of amides is 1. The lowest BCUT2D eigenvalue weighted by Gasteiger charge is -2.23. The highest BCUT2D eigenvalue weighted by Crippen LogP contribution is 2.29. The number of hydrogen-bond donors (Lipinski definition) is 0. The third-order valence-corrected chi connectivity index (χ3v) is 5.43. The molecule has 1 aliphatic rings. The number of alkyl halides is 3. The van der Waals surface area contributed by atoms with E-state index in [4.69, 9.17) is 0 Å². The van der Waals surface area contributed by atoms with Gasteiger partial charge in [0.05, 0.1) is 6.67 Å². The van der Waals surface area contributed by atoms with Gasteiger partial charge in [0.25, 0.3) is 5.91 Å². The van der Waals surface area contributed by atoms with Crippen LogP contribution in [-0.4, -0.2) is 35.9 Å². The number of hydrogen-bond acceptors (Lipinski definition) is 5. The molecule has 2 aromatic carbocycles. The molecule has 0 saturated heterocycles. The molecule has 1 aromatic heterocycles. The van der Waals surface area contributed by atoms with Gasteiger partial charge in [0.1, 0.15) is 11.4 Å². The average Bonchev–Trinajstić information content (AvgIpc) is 3.18. The minimum absolute atomic E-state index is 0.204. The molecule has 0 radical (unpaired) electrons. The van der Waals surface area contributed by atoms with Crippen LogP contribution in [-0.2, 0) is 6.54 Å². The number of allylic oxidation sites excluding steroid dienone is 1. The molecule has 0 atom stereocenters. The lowest BCUT2D eigenvalue weighted by molar-refractivity contribution is -0.274. The Hall–Kier alpha value is -4.01. The summed E-state index contributed by atoms with van der Waals surface area (Å²) in [5.74, 6) is -0.466. The molecule has 2 heterocycles. The number of carbonyl (C=O) groups excluding carboxylic acids is 1. The lowest BCUT2D eigenvalue weighted by Crippen LogP contribution is -2.28. The molecular weight excluding hydrogens is 445 g/mol. The molecule has 176 valence electrons. The van der Waals surface area contributed by atoms with Crippen molar-refractivity contribution in [3.05, 3.63) is 96.1 Å². The minimum atomic E-state index is -4.72. The van der Waals surface area contributed by atoms with Crippen molar-refractivity contribution in [2.24, 2.45) is 0 Å². The van der Waals surface area contributed by atoms with Crippen molar-refractivity contribution in [1.82, 2.24) is 9.88 Å². The average molecular weight is 468 g/mol. The highest BCUT2D eigenvalue weighted by Gasteiger charge is 2.31. The Bertz CT molecular complexity index is 1180. The number of ether oxygens (including phenoxy) is 1.